The van der Waals surface area contributed by atoms with Gasteiger partial charge in [0, 0.05) is 6.42 Å². The van der Waals surface area contributed by atoms with Gasteiger partial charge in [-0.15, -0.1) is 6.58 Å². The molecule has 0 amide bonds. The maximum absolute atomic E-state index is 9.00. The molecule has 2 heteroatoms. The molecular weight excluding hydrogens is 198 g/mol. The maximum Gasteiger partial charge on any atom is 0.102 e. The molecule has 0 radical (unpaired) electrons. The lowest BCUT2D eigenvalue weighted by Crippen LogP contribution is -2.44. The van der Waals surface area contributed by atoms with Crippen molar-refractivity contribution < 1.29 is 9.59 Å². The molecule has 2 nitrogen and oxygen atoms in total. The first-order valence-corrected chi connectivity index (χ1v) is 6.32. The standard InChI is InChI=1S/C14H30NO/c1-7-14(4,12-13(2)3)8-9-15(5,6)10-11-16/h16H,2,7-12H2,1,3-6H3/q+1. The average molecular weight is 228 g/mol. The third-order valence-electron chi connectivity index (χ3n) is 3.61. The van der Waals surface area contributed by atoms with Crippen LogP contribution in [0, 0.1) is 5.41 Å². The molecular formula is C14H30NO+. The molecule has 96 valence electrons. The van der Waals surface area contributed by atoms with Gasteiger partial charge in [-0.2, -0.15) is 0 Å². The molecule has 0 aliphatic rings. The number of nitrogens with zero attached hydrogens (tertiary/aromatic N) is 1. The highest BCUT2D eigenvalue weighted by molar-refractivity contribution is 4.94. The van der Waals surface area contributed by atoms with E-state index in [4.69, 9.17) is 5.11 Å². The second kappa shape index (κ2) is 6.41. The Balaban J connectivity index is 4.27. The molecule has 0 fully saturated rings. The van der Waals surface area contributed by atoms with E-state index in [1.807, 2.05) is 0 Å². The van der Waals surface area contributed by atoms with E-state index < -0.39 is 0 Å². The van der Waals surface area contributed by atoms with Gasteiger partial charge in [0.15, 0.2) is 0 Å². The molecule has 0 rings (SSSR count). The minimum Gasteiger partial charge on any atom is -0.391 e. The summed E-state index contributed by atoms with van der Waals surface area (Å²) >= 11 is 0. The number of rotatable bonds is 8. The van der Waals surface area contributed by atoms with Crippen molar-refractivity contribution in [2.45, 2.75) is 40.0 Å². The van der Waals surface area contributed by atoms with Crippen LogP contribution in [0.2, 0.25) is 0 Å². The SMILES string of the molecule is C=C(C)CC(C)(CC)CC[N+](C)(C)CCO. The Labute approximate surface area is 102 Å². The van der Waals surface area contributed by atoms with Gasteiger partial charge in [0.25, 0.3) is 0 Å². The van der Waals surface area contributed by atoms with Crippen LogP contribution in [0.3, 0.4) is 0 Å². The van der Waals surface area contributed by atoms with Crippen molar-refractivity contribution >= 4 is 0 Å². The minimum atomic E-state index is 0.274. The summed E-state index contributed by atoms with van der Waals surface area (Å²) in [6.07, 6.45) is 3.50. The smallest absolute Gasteiger partial charge is 0.102 e. The van der Waals surface area contributed by atoms with Gasteiger partial charge in [0.05, 0.1) is 27.2 Å². The molecule has 1 N–H and O–H groups in total. The number of likely N-dealkylation sites (N-methyl/N-ethyl adjacent to an activating group) is 1. The maximum atomic E-state index is 9.00. The Morgan fingerprint density at radius 1 is 1.31 bits per heavy atom. The highest BCUT2D eigenvalue weighted by atomic mass is 16.3. The fourth-order valence-corrected chi connectivity index (χ4v) is 2.07. The highest BCUT2D eigenvalue weighted by Gasteiger charge is 2.26. The summed E-state index contributed by atoms with van der Waals surface area (Å²) in [5.41, 5.74) is 1.65. The molecule has 0 saturated carbocycles. The van der Waals surface area contributed by atoms with Crippen molar-refractivity contribution in [1.82, 2.24) is 0 Å². The fraction of sp³-hybridized carbons (Fsp3) is 0.857. The van der Waals surface area contributed by atoms with E-state index >= 15 is 0 Å². The summed E-state index contributed by atoms with van der Waals surface area (Å²) in [7, 11) is 4.38. The van der Waals surface area contributed by atoms with Crippen LogP contribution in [0.4, 0.5) is 0 Å². The highest BCUT2D eigenvalue weighted by Crippen LogP contribution is 2.33. The van der Waals surface area contributed by atoms with Gasteiger partial charge in [-0.25, -0.2) is 0 Å². The monoisotopic (exact) mass is 228 g/mol. The first-order chi connectivity index (χ1) is 7.24. The van der Waals surface area contributed by atoms with Crippen LogP contribution in [-0.4, -0.2) is 43.4 Å². The van der Waals surface area contributed by atoms with Gasteiger partial charge in [0.2, 0.25) is 0 Å². The summed E-state index contributed by atoms with van der Waals surface area (Å²) in [6, 6.07) is 0. The molecule has 1 atom stereocenters. The zero-order valence-corrected chi connectivity index (χ0v) is 11.8. The van der Waals surface area contributed by atoms with Crippen molar-refractivity contribution in [2.24, 2.45) is 5.41 Å². The second-order valence-corrected chi connectivity index (χ2v) is 6.15. The Bertz CT molecular complexity index is 223. The minimum absolute atomic E-state index is 0.274. The molecule has 0 aliphatic heterocycles. The lowest BCUT2D eigenvalue weighted by molar-refractivity contribution is -0.891. The van der Waals surface area contributed by atoms with Crippen LogP contribution < -0.4 is 0 Å². The fourth-order valence-electron chi connectivity index (χ4n) is 2.07. The molecule has 1 unspecified atom stereocenters. The van der Waals surface area contributed by atoms with Crippen molar-refractivity contribution in [3.63, 3.8) is 0 Å². The molecule has 16 heavy (non-hydrogen) atoms. The number of aliphatic hydroxyl groups is 1. The first kappa shape index (κ1) is 15.7. The van der Waals surface area contributed by atoms with Gasteiger partial charge >= 0.3 is 0 Å². The number of aliphatic hydroxyl groups excluding tert-OH is 1. The molecule has 0 bridgehead atoms. The molecule has 0 spiro atoms. The normalized spacial score (nSPS) is 15.9. The van der Waals surface area contributed by atoms with Crippen LogP contribution in [0.15, 0.2) is 12.2 Å². The van der Waals surface area contributed by atoms with E-state index in [0.29, 0.717) is 5.41 Å². The van der Waals surface area contributed by atoms with E-state index in [-0.39, 0.29) is 6.61 Å². The number of quaternary nitrogens is 1. The van der Waals surface area contributed by atoms with Crippen LogP contribution in [0.1, 0.15) is 40.0 Å². The van der Waals surface area contributed by atoms with Gasteiger partial charge < -0.3 is 9.59 Å². The van der Waals surface area contributed by atoms with Gasteiger partial charge in [-0.1, -0.05) is 25.8 Å². The van der Waals surface area contributed by atoms with Crippen LogP contribution in [-0.2, 0) is 0 Å². The molecule has 0 aliphatic carbocycles. The van der Waals surface area contributed by atoms with E-state index in [1.165, 1.54) is 18.4 Å². The van der Waals surface area contributed by atoms with Gasteiger partial charge in [0.1, 0.15) is 6.54 Å². The van der Waals surface area contributed by atoms with Gasteiger partial charge in [-0.3, -0.25) is 0 Å². The van der Waals surface area contributed by atoms with Crippen LogP contribution in [0.25, 0.3) is 0 Å². The number of hydrogen-bond acceptors (Lipinski definition) is 1. The van der Waals surface area contributed by atoms with Crippen molar-refractivity contribution in [3.05, 3.63) is 12.2 Å². The van der Waals surface area contributed by atoms with Crippen molar-refractivity contribution in [3.8, 4) is 0 Å². The predicted octanol–water partition coefficient (Wildman–Crippen LogP) is 2.83. The summed E-state index contributed by atoms with van der Waals surface area (Å²) in [6.45, 7) is 13.0. The third-order valence-corrected chi connectivity index (χ3v) is 3.61. The first-order valence-electron chi connectivity index (χ1n) is 6.32. The topological polar surface area (TPSA) is 20.2 Å². The van der Waals surface area contributed by atoms with E-state index in [1.54, 1.807) is 0 Å². The zero-order valence-electron chi connectivity index (χ0n) is 11.8. The summed E-state index contributed by atoms with van der Waals surface area (Å²) in [4.78, 5) is 0. The summed E-state index contributed by atoms with van der Waals surface area (Å²) in [5.74, 6) is 0. The van der Waals surface area contributed by atoms with E-state index in [2.05, 4.69) is 41.4 Å². The quantitative estimate of drug-likeness (QED) is 0.500. The largest absolute Gasteiger partial charge is 0.391 e. The Morgan fingerprint density at radius 2 is 1.88 bits per heavy atom. The van der Waals surface area contributed by atoms with E-state index in [0.717, 1.165) is 24.0 Å². The Hall–Kier alpha value is -0.340. The molecule has 0 heterocycles. The molecule has 0 aromatic carbocycles. The van der Waals surface area contributed by atoms with Crippen molar-refractivity contribution in [2.75, 3.05) is 33.8 Å². The van der Waals surface area contributed by atoms with Crippen LogP contribution in [0.5, 0.6) is 0 Å². The zero-order chi connectivity index (χ0) is 12.8. The number of hydrogen-bond donors (Lipinski definition) is 1. The lowest BCUT2D eigenvalue weighted by atomic mass is 9.78. The van der Waals surface area contributed by atoms with Crippen molar-refractivity contribution in [1.29, 1.82) is 0 Å². The van der Waals surface area contributed by atoms with Crippen LogP contribution >= 0.6 is 0 Å². The second-order valence-electron chi connectivity index (χ2n) is 6.15. The summed E-state index contributed by atoms with van der Waals surface area (Å²) in [5, 5.41) is 9.00. The number of allylic oxidation sites excluding steroid dienone is 1. The molecule has 0 aromatic heterocycles. The molecule has 0 aromatic rings. The average Bonchev–Trinajstić information content (AvgIpc) is 2.14. The lowest BCUT2D eigenvalue weighted by Gasteiger charge is -2.35. The Kier molecular flexibility index (Phi) is 6.27. The Morgan fingerprint density at radius 3 is 2.25 bits per heavy atom. The van der Waals surface area contributed by atoms with E-state index in [9.17, 15) is 0 Å². The third kappa shape index (κ3) is 6.29. The molecule has 0 saturated heterocycles. The predicted molar refractivity (Wildman–Crippen MR) is 71.4 cm³/mol. The van der Waals surface area contributed by atoms with Gasteiger partial charge in [-0.05, 0) is 18.8 Å². The summed E-state index contributed by atoms with van der Waals surface area (Å²) < 4.78 is 0.905.